The second kappa shape index (κ2) is 6.91. The fourth-order valence-corrected chi connectivity index (χ4v) is 2.97. The second-order valence-electron chi connectivity index (χ2n) is 6.32. The molecular weight excluding hydrogens is 304 g/mol. The third kappa shape index (κ3) is 3.67. The van der Waals surface area contributed by atoms with Crippen molar-refractivity contribution in [3.63, 3.8) is 0 Å². The summed E-state index contributed by atoms with van der Waals surface area (Å²) in [6.45, 7) is 5.03. The minimum atomic E-state index is -0.227. The first-order valence-electron chi connectivity index (χ1n) is 8.25. The Morgan fingerprint density at radius 3 is 2.62 bits per heavy atom. The summed E-state index contributed by atoms with van der Waals surface area (Å²) in [5.41, 5.74) is 1.90. The number of nitrogens with one attached hydrogen (secondary N) is 1. The van der Waals surface area contributed by atoms with Crippen LogP contribution >= 0.6 is 0 Å². The van der Waals surface area contributed by atoms with E-state index in [1.165, 1.54) is 17.8 Å². The monoisotopic (exact) mass is 326 g/mol. The van der Waals surface area contributed by atoms with Gasteiger partial charge in [0.1, 0.15) is 17.4 Å². The number of aromatic nitrogens is 1. The lowest BCUT2D eigenvalue weighted by Gasteiger charge is -2.32. The third-order valence-corrected chi connectivity index (χ3v) is 4.31. The number of amides is 1. The number of piperidine rings is 1. The Kier molecular flexibility index (Phi) is 4.69. The first kappa shape index (κ1) is 16.3. The summed E-state index contributed by atoms with van der Waals surface area (Å²) in [6, 6.07) is 9.45. The van der Waals surface area contributed by atoms with Gasteiger partial charge in [-0.2, -0.15) is 0 Å². The lowest BCUT2D eigenvalue weighted by atomic mass is 10.1. The number of nitrogens with zero attached hydrogens (tertiary/aromatic N) is 1. The number of hydrogen-bond donors (Lipinski definition) is 1. The molecule has 1 aromatic heterocycles. The van der Waals surface area contributed by atoms with Crippen molar-refractivity contribution in [3.05, 3.63) is 63.6 Å². The highest BCUT2D eigenvalue weighted by atomic mass is 16.5. The third-order valence-electron chi connectivity index (χ3n) is 4.31. The van der Waals surface area contributed by atoms with Gasteiger partial charge in [-0.25, -0.2) is 0 Å². The number of benzene rings is 1. The lowest BCUT2D eigenvalue weighted by molar-refractivity contribution is 0.0594. The first-order chi connectivity index (χ1) is 11.5. The zero-order chi connectivity index (χ0) is 17.1. The molecule has 2 heterocycles. The molecule has 1 N–H and O–H groups in total. The van der Waals surface area contributed by atoms with Crippen molar-refractivity contribution in [1.29, 1.82) is 0 Å². The number of ether oxygens (including phenoxy) is 1. The highest BCUT2D eigenvalue weighted by Gasteiger charge is 2.26. The summed E-state index contributed by atoms with van der Waals surface area (Å²) in [5.74, 6) is 0.667. The molecule has 1 aromatic carbocycles. The molecule has 1 saturated heterocycles. The number of pyridine rings is 1. The number of aryl methyl sites for hydroxylation is 2. The molecule has 5 nitrogen and oxygen atoms in total. The van der Waals surface area contributed by atoms with Crippen molar-refractivity contribution < 1.29 is 9.53 Å². The highest BCUT2D eigenvalue weighted by Crippen LogP contribution is 2.20. The molecule has 0 saturated carbocycles. The van der Waals surface area contributed by atoms with Gasteiger partial charge in [-0.3, -0.25) is 9.59 Å². The van der Waals surface area contributed by atoms with Gasteiger partial charge in [-0.1, -0.05) is 12.1 Å². The maximum absolute atomic E-state index is 12.5. The summed E-state index contributed by atoms with van der Waals surface area (Å²) in [7, 11) is 0. The molecule has 0 bridgehead atoms. The Hall–Kier alpha value is -2.56. The lowest BCUT2D eigenvalue weighted by Crippen LogP contribution is -2.43. The van der Waals surface area contributed by atoms with Crippen LogP contribution in [0.3, 0.4) is 0 Å². The Bertz CT molecular complexity index is 789. The Morgan fingerprint density at radius 1 is 1.21 bits per heavy atom. The van der Waals surface area contributed by atoms with Gasteiger partial charge in [0.15, 0.2) is 5.43 Å². The van der Waals surface area contributed by atoms with Gasteiger partial charge in [-0.15, -0.1) is 0 Å². The van der Waals surface area contributed by atoms with E-state index in [2.05, 4.69) is 4.98 Å². The van der Waals surface area contributed by atoms with E-state index in [9.17, 15) is 9.59 Å². The van der Waals surface area contributed by atoms with Crippen molar-refractivity contribution in [3.8, 4) is 5.75 Å². The van der Waals surface area contributed by atoms with Crippen molar-refractivity contribution in [2.45, 2.75) is 32.8 Å². The largest absolute Gasteiger partial charge is 0.490 e. The summed E-state index contributed by atoms with van der Waals surface area (Å²) in [5, 5.41) is 0. The molecule has 1 aliphatic heterocycles. The van der Waals surface area contributed by atoms with Crippen LogP contribution in [0.5, 0.6) is 5.75 Å². The van der Waals surface area contributed by atoms with Crippen LogP contribution < -0.4 is 10.2 Å². The quantitative estimate of drug-likeness (QED) is 0.943. The number of rotatable bonds is 3. The molecule has 3 rings (SSSR count). The Balaban J connectivity index is 1.60. The van der Waals surface area contributed by atoms with E-state index >= 15 is 0 Å². The van der Waals surface area contributed by atoms with Crippen molar-refractivity contribution >= 4 is 5.91 Å². The van der Waals surface area contributed by atoms with E-state index in [0.29, 0.717) is 13.1 Å². The van der Waals surface area contributed by atoms with Crippen LogP contribution in [0.2, 0.25) is 0 Å². The SMILES string of the molecule is Cc1cccc(OC2CCN(C(=O)c3c[nH]c(C)cc3=O)CC2)c1. The topological polar surface area (TPSA) is 62.4 Å². The molecule has 0 atom stereocenters. The van der Waals surface area contributed by atoms with Crippen LogP contribution in [0.4, 0.5) is 0 Å². The van der Waals surface area contributed by atoms with Gasteiger partial charge < -0.3 is 14.6 Å². The minimum absolute atomic E-state index is 0.104. The summed E-state index contributed by atoms with van der Waals surface area (Å²) in [6.07, 6.45) is 3.15. The van der Waals surface area contributed by atoms with Gasteiger partial charge >= 0.3 is 0 Å². The molecule has 0 radical (unpaired) electrons. The van der Waals surface area contributed by atoms with Crippen LogP contribution in [0.1, 0.15) is 34.5 Å². The number of H-pyrrole nitrogens is 1. The summed E-state index contributed by atoms with van der Waals surface area (Å²) in [4.78, 5) is 29.1. The highest BCUT2D eigenvalue weighted by molar-refractivity contribution is 5.93. The molecule has 1 amide bonds. The maximum atomic E-state index is 12.5. The number of carbonyl (C=O) groups is 1. The van der Waals surface area contributed by atoms with E-state index < -0.39 is 0 Å². The molecule has 24 heavy (non-hydrogen) atoms. The summed E-state index contributed by atoms with van der Waals surface area (Å²) >= 11 is 0. The number of aromatic amines is 1. The average Bonchev–Trinajstić information content (AvgIpc) is 2.55. The average molecular weight is 326 g/mol. The fourth-order valence-electron chi connectivity index (χ4n) is 2.97. The predicted molar refractivity (Wildman–Crippen MR) is 92.5 cm³/mol. The number of hydrogen-bond acceptors (Lipinski definition) is 3. The zero-order valence-corrected chi connectivity index (χ0v) is 14.0. The molecule has 1 fully saturated rings. The molecular formula is C19H22N2O3. The Labute approximate surface area is 141 Å². The van der Waals surface area contributed by atoms with E-state index in [0.717, 1.165) is 24.3 Å². The molecule has 2 aromatic rings. The van der Waals surface area contributed by atoms with E-state index in [1.54, 1.807) is 11.8 Å². The van der Waals surface area contributed by atoms with Gasteiger partial charge in [-0.05, 0) is 31.5 Å². The summed E-state index contributed by atoms with van der Waals surface area (Å²) < 4.78 is 6.00. The molecule has 5 heteroatoms. The van der Waals surface area contributed by atoms with Gasteiger partial charge in [0.05, 0.1) is 0 Å². The molecule has 1 aliphatic rings. The van der Waals surface area contributed by atoms with Gasteiger partial charge in [0.25, 0.3) is 5.91 Å². The first-order valence-corrected chi connectivity index (χ1v) is 8.25. The van der Waals surface area contributed by atoms with Gasteiger partial charge in [0.2, 0.25) is 0 Å². The Morgan fingerprint density at radius 2 is 1.96 bits per heavy atom. The molecule has 0 aliphatic carbocycles. The van der Waals surface area contributed by atoms with Crippen molar-refractivity contribution in [1.82, 2.24) is 9.88 Å². The number of carbonyl (C=O) groups excluding carboxylic acids is 1. The van der Waals surface area contributed by atoms with Crippen LogP contribution in [0.25, 0.3) is 0 Å². The van der Waals surface area contributed by atoms with Crippen LogP contribution in [0, 0.1) is 13.8 Å². The van der Waals surface area contributed by atoms with E-state index in [4.69, 9.17) is 4.74 Å². The zero-order valence-electron chi connectivity index (χ0n) is 14.0. The minimum Gasteiger partial charge on any atom is -0.490 e. The number of likely N-dealkylation sites (tertiary alicyclic amines) is 1. The van der Waals surface area contributed by atoms with Crippen LogP contribution in [-0.4, -0.2) is 35.0 Å². The van der Waals surface area contributed by atoms with E-state index in [-0.39, 0.29) is 23.0 Å². The molecule has 0 unspecified atom stereocenters. The molecule has 0 spiro atoms. The van der Waals surface area contributed by atoms with Gasteiger partial charge in [0, 0.05) is 43.9 Å². The normalized spacial score (nSPS) is 15.3. The fraction of sp³-hybridized carbons (Fsp3) is 0.368. The van der Waals surface area contributed by atoms with Crippen molar-refractivity contribution in [2.24, 2.45) is 0 Å². The second-order valence-corrected chi connectivity index (χ2v) is 6.32. The molecule has 126 valence electrons. The maximum Gasteiger partial charge on any atom is 0.259 e. The smallest absolute Gasteiger partial charge is 0.259 e. The van der Waals surface area contributed by atoms with Crippen LogP contribution in [0.15, 0.2) is 41.3 Å². The van der Waals surface area contributed by atoms with Crippen LogP contribution in [-0.2, 0) is 0 Å². The van der Waals surface area contributed by atoms with E-state index in [1.807, 2.05) is 31.2 Å². The van der Waals surface area contributed by atoms with Crippen molar-refractivity contribution in [2.75, 3.05) is 13.1 Å². The predicted octanol–water partition coefficient (Wildman–Crippen LogP) is 2.68. The standard InChI is InChI=1S/C19H22N2O3/c1-13-4-3-5-16(10-13)24-15-6-8-21(9-7-15)19(23)17-12-20-14(2)11-18(17)22/h3-5,10-12,15H,6-9H2,1-2H3,(H,20,22).